The van der Waals surface area contributed by atoms with Crippen LogP contribution < -0.4 is 36.1 Å². The Morgan fingerprint density at radius 2 is 1.61 bits per heavy atom. The Morgan fingerprint density at radius 1 is 0.946 bits per heavy atom. The highest BCUT2D eigenvalue weighted by Crippen LogP contribution is 2.47. The van der Waals surface area contributed by atoms with Crippen molar-refractivity contribution >= 4 is 29.6 Å². The zero-order chi connectivity index (χ0) is 41.3. The van der Waals surface area contributed by atoms with Crippen LogP contribution in [0, 0.1) is 0 Å². The number of carbonyl (C=O) groups excluding carboxylic acids is 4. The number of aromatic hydroxyl groups is 2. The first-order valence-corrected chi connectivity index (χ1v) is 18.2. The van der Waals surface area contributed by atoms with E-state index in [4.69, 9.17) is 18.9 Å². The zero-order valence-corrected chi connectivity index (χ0v) is 32.7. The molecule has 1 unspecified atom stereocenters. The predicted octanol–water partition coefficient (Wildman–Crippen LogP) is 3.35. The summed E-state index contributed by atoms with van der Waals surface area (Å²) in [5.41, 5.74) is -0.802. The van der Waals surface area contributed by atoms with Crippen LogP contribution in [0.1, 0.15) is 97.5 Å². The van der Waals surface area contributed by atoms with E-state index in [2.05, 4.69) is 10.6 Å². The number of ether oxygens (including phenoxy) is 4. The first kappa shape index (κ1) is 42.7. The summed E-state index contributed by atoms with van der Waals surface area (Å²) in [7, 11) is 7.00. The van der Waals surface area contributed by atoms with Gasteiger partial charge >= 0.3 is 11.7 Å². The molecule has 3 aromatic rings. The first-order valence-electron chi connectivity index (χ1n) is 18.2. The number of ketones is 1. The normalized spacial score (nSPS) is 16.7. The number of aromatic nitrogens is 2. The molecule has 4 rings (SSSR count). The molecule has 1 aromatic heterocycles. The SMILES string of the molecule is COc1cc(C(CC(=O)N[C@@H](C)C(=O)NCc2cc(=O)n(C)c(=O)n2C)c2c(O)cc3c(c2O)C(=O)O[C@@H](C)CCCC(=O)CCC/C=C/3)cc(OC)c1OC. The van der Waals surface area contributed by atoms with E-state index in [0.29, 0.717) is 44.1 Å². The highest BCUT2D eigenvalue weighted by Gasteiger charge is 2.33. The monoisotopic (exact) mass is 778 g/mol. The summed E-state index contributed by atoms with van der Waals surface area (Å²) in [6.07, 6.45) is 5.01. The van der Waals surface area contributed by atoms with Gasteiger partial charge in [-0.3, -0.25) is 28.3 Å². The molecule has 302 valence electrons. The topological polar surface area (TPSA) is 214 Å². The van der Waals surface area contributed by atoms with Gasteiger partial charge in [-0.1, -0.05) is 12.2 Å². The fourth-order valence-electron chi connectivity index (χ4n) is 6.54. The average Bonchev–Trinajstić information content (AvgIpc) is 3.15. The van der Waals surface area contributed by atoms with Gasteiger partial charge in [0.15, 0.2) is 11.5 Å². The number of rotatable bonds is 11. The van der Waals surface area contributed by atoms with Gasteiger partial charge in [0, 0.05) is 56.6 Å². The van der Waals surface area contributed by atoms with Crippen molar-refractivity contribution in [3.05, 3.63) is 79.1 Å². The van der Waals surface area contributed by atoms with Crippen molar-refractivity contribution < 1.29 is 48.3 Å². The fourth-order valence-corrected chi connectivity index (χ4v) is 6.54. The van der Waals surface area contributed by atoms with Gasteiger partial charge in [-0.25, -0.2) is 9.59 Å². The smallest absolute Gasteiger partial charge is 0.342 e. The summed E-state index contributed by atoms with van der Waals surface area (Å²) in [6.45, 7) is 2.95. The fraction of sp³-hybridized carbons (Fsp3) is 0.450. The standard InChI is InChI=1S/C40H50N4O12/c1-22-12-11-15-27(45)14-10-8-9-13-24-16-29(46)35(36(49)34(24)39(51)56-22)28(25-17-30(53-5)37(55-7)31(18-25)54-6)20-32(47)42-23(2)38(50)41-21-26-19-33(48)44(4)40(52)43(26)3/h9,13,16-19,22-23,28,46,49H,8,10-12,14-15,20-21H2,1-7H3,(H,41,50)(H,42,47)/b13-9+/t22-,23-,28?/m0/s1. The van der Waals surface area contributed by atoms with Crippen LogP contribution in [0.4, 0.5) is 0 Å². The number of nitrogens with zero attached hydrogens (tertiary/aromatic N) is 2. The molecule has 0 fully saturated rings. The molecule has 3 atom stereocenters. The Kier molecular flexibility index (Phi) is 14.5. The number of benzene rings is 2. The predicted molar refractivity (Wildman–Crippen MR) is 205 cm³/mol. The number of cyclic esters (lactones) is 1. The zero-order valence-electron chi connectivity index (χ0n) is 32.7. The molecule has 0 aliphatic carbocycles. The highest BCUT2D eigenvalue weighted by atomic mass is 16.5. The number of amides is 2. The lowest BCUT2D eigenvalue weighted by molar-refractivity contribution is -0.128. The lowest BCUT2D eigenvalue weighted by Crippen LogP contribution is -2.46. The minimum atomic E-state index is -1.17. The van der Waals surface area contributed by atoms with Crippen molar-refractivity contribution in [2.24, 2.45) is 14.1 Å². The molecule has 1 aliphatic heterocycles. The van der Waals surface area contributed by atoms with Crippen LogP contribution in [0.25, 0.3) is 6.08 Å². The van der Waals surface area contributed by atoms with E-state index in [-0.39, 0.29) is 52.0 Å². The summed E-state index contributed by atoms with van der Waals surface area (Å²) in [4.78, 5) is 77.4. The van der Waals surface area contributed by atoms with Gasteiger partial charge in [0.1, 0.15) is 28.9 Å². The Hall–Kier alpha value is -6.06. The molecule has 2 aromatic carbocycles. The Bertz CT molecular complexity index is 2090. The molecule has 0 spiro atoms. The first-order chi connectivity index (χ1) is 26.6. The second-order valence-electron chi connectivity index (χ2n) is 13.7. The quantitative estimate of drug-likeness (QED) is 0.207. The summed E-state index contributed by atoms with van der Waals surface area (Å²) in [6, 6.07) is 4.48. The third-order valence-electron chi connectivity index (χ3n) is 9.72. The largest absolute Gasteiger partial charge is 0.507 e. The number of phenolic OH excluding ortho intramolecular Hbond substituents is 2. The van der Waals surface area contributed by atoms with Crippen molar-refractivity contribution in [1.82, 2.24) is 19.8 Å². The van der Waals surface area contributed by atoms with Crippen LogP contribution >= 0.6 is 0 Å². The van der Waals surface area contributed by atoms with Crippen LogP contribution in [0.15, 0.2) is 39.9 Å². The van der Waals surface area contributed by atoms with Crippen molar-refractivity contribution in [2.45, 2.75) is 83.4 Å². The van der Waals surface area contributed by atoms with E-state index in [1.54, 1.807) is 19.1 Å². The minimum absolute atomic E-state index is 0.125. The van der Waals surface area contributed by atoms with Crippen LogP contribution in [-0.2, 0) is 39.8 Å². The maximum Gasteiger partial charge on any atom is 0.342 e. The van der Waals surface area contributed by atoms with Crippen molar-refractivity contribution in [3.8, 4) is 28.7 Å². The number of allylic oxidation sites excluding steroid dienone is 1. The Labute approximate surface area is 324 Å². The van der Waals surface area contributed by atoms with Gasteiger partial charge in [0.25, 0.3) is 5.56 Å². The molecule has 56 heavy (non-hydrogen) atoms. The van der Waals surface area contributed by atoms with E-state index in [0.717, 1.165) is 4.57 Å². The number of methoxy groups -OCH3 is 3. The van der Waals surface area contributed by atoms with E-state index in [9.17, 15) is 39.0 Å². The molecule has 0 saturated carbocycles. The van der Waals surface area contributed by atoms with E-state index < -0.39 is 65.0 Å². The molecule has 2 amide bonds. The Morgan fingerprint density at radius 3 is 2.25 bits per heavy atom. The van der Waals surface area contributed by atoms with Crippen LogP contribution in [0.3, 0.4) is 0 Å². The second kappa shape index (κ2) is 19.0. The van der Waals surface area contributed by atoms with E-state index >= 15 is 0 Å². The van der Waals surface area contributed by atoms with Crippen LogP contribution in [0.2, 0.25) is 0 Å². The summed E-state index contributed by atoms with van der Waals surface area (Å²) < 4.78 is 24.5. The summed E-state index contributed by atoms with van der Waals surface area (Å²) in [5.74, 6) is -3.64. The van der Waals surface area contributed by atoms with Gasteiger partial charge in [-0.15, -0.1) is 0 Å². The number of nitrogens with one attached hydrogen (secondary N) is 2. The average molecular weight is 779 g/mol. The number of hydrogen-bond acceptors (Lipinski definition) is 12. The second-order valence-corrected chi connectivity index (χ2v) is 13.7. The third kappa shape index (κ3) is 9.97. The lowest BCUT2D eigenvalue weighted by atomic mass is 9.84. The number of esters is 1. The van der Waals surface area contributed by atoms with Crippen LogP contribution in [0.5, 0.6) is 28.7 Å². The molecule has 16 heteroatoms. The molecule has 2 heterocycles. The highest BCUT2D eigenvalue weighted by molar-refractivity contribution is 5.98. The molecule has 16 nitrogen and oxygen atoms in total. The van der Waals surface area contributed by atoms with Gasteiger partial charge in [0.2, 0.25) is 17.6 Å². The summed E-state index contributed by atoms with van der Waals surface area (Å²) >= 11 is 0. The molecule has 4 N–H and O–H groups in total. The number of carbonyl (C=O) groups is 4. The number of fused-ring (bicyclic) bond motifs is 1. The van der Waals surface area contributed by atoms with Crippen molar-refractivity contribution in [2.75, 3.05) is 21.3 Å². The molecule has 1 aliphatic rings. The van der Waals surface area contributed by atoms with Gasteiger partial charge < -0.3 is 39.8 Å². The minimum Gasteiger partial charge on any atom is -0.507 e. The van der Waals surface area contributed by atoms with Crippen molar-refractivity contribution in [3.63, 3.8) is 0 Å². The summed E-state index contributed by atoms with van der Waals surface area (Å²) in [5, 5.41) is 28.8. The maximum absolute atomic E-state index is 13.8. The maximum atomic E-state index is 13.8. The molecule has 0 bridgehead atoms. The number of hydrogen-bond donors (Lipinski definition) is 4. The molecule has 0 radical (unpaired) electrons. The van der Waals surface area contributed by atoms with Gasteiger partial charge in [-0.2, -0.15) is 0 Å². The van der Waals surface area contributed by atoms with Gasteiger partial charge in [0.05, 0.1) is 34.0 Å². The van der Waals surface area contributed by atoms with Gasteiger partial charge in [-0.05, 0) is 68.9 Å². The number of phenols is 2. The van der Waals surface area contributed by atoms with E-state index in [1.807, 2.05) is 0 Å². The molecular formula is C40H50N4O12. The lowest BCUT2D eigenvalue weighted by Gasteiger charge is -2.25. The number of Topliss-reactive ketones (excluding diaryl/α,β-unsaturated/α-hetero) is 1. The molecule has 0 saturated heterocycles. The Balaban J connectivity index is 1.75. The molecular weight excluding hydrogens is 728 g/mol. The van der Waals surface area contributed by atoms with E-state index in [1.165, 1.54) is 71.2 Å². The van der Waals surface area contributed by atoms with Crippen molar-refractivity contribution in [1.29, 1.82) is 0 Å². The van der Waals surface area contributed by atoms with Crippen LogP contribution in [-0.4, -0.2) is 76.4 Å². The third-order valence-corrected chi connectivity index (χ3v) is 9.72.